The Morgan fingerprint density at radius 2 is 1.93 bits per heavy atom. The van der Waals surface area contributed by atoms with Crippen LogP contribution >= 0.6 is 0 Å². The molecule has 0 saturated carbocycles. The van der Waals surface area contributed by atoms with Crippen LogP contribution < -0.4 is 11.1 Å². The number of hydrogen-bond donors (Lipinski definition) is 2. The maximum Gasteiger partial charge on any atom is 0.243 e. The molecule has 14 heavy (non-hydrogen) atoms. The Hall–Kier alpha value is -1.49. The van der Waals surface area contributed by atoms with Crippen LogP contribution in [-0.2, 0) is 4.79 Å². The summed E-state index contributed by atoms with van der Waals surface area (Å²) in [7, 11) is 0. The number of nitrogens with zero attached hydrogens (tertiary/aromatic N) is 2. The second-order valence-corrected chi connectivity index (χ2v) is 3.25. The lowest BCUT2D eigenvalue weighted by Gasteiger charge is -2.07. The van der Waals surface area contributed by atoms with Crippen molar-refractivity contribution in [2.45, 2.75) is 26.8 Å². The van der Waals surface area contributed by atoms with E-state index in [4.69, 9.17) is 5.73 Å². The van der Waals surface area contributed by atoms with Gasteiger partial charge < -0.3 is 5.73 Å². The number of aryl methyl sites for hydroxylation is 2. The van der Waals surface area contributed by atoms with Gasteiger partial charge >= 0.3 is 0 Å². The van der Waals surface area contributed by atoms with E-state index in [1.165, 1.54) is 0 Å². The number of nitrogens with one attached hydrogen (secondary N) is 1. The van der Waals surface area contributed by atoms with Gasteiger partial charge in [0.1, 0.15) is 0 Å². The minimum atomic E-state index is -0.556. The maximum atomic E-state index is 11.2. The van der Waals surface area contributed by atoms with Gasteiger partial charge in [0.05, 0.1) is 6.04 Å². The van der Waals surface area contributed by atoms with Gasteiger partial charge in [-0.25, -0.2) is 9.97 Å². The molecule has 1 aromatic heterocycles. The van der Waals surface area contributed by atoms with E-state index in [9.17, 15) is 4.79 Å². The van der Waals surface area contributed by atoms with Crippen molar-refractivity contribution in [1.29, 1.82) is 0 Å². The topological polar surface area (TPSA) is 80.9 Å². The minimum absolute atomic E-state index is 0.282. The maximum absolute atomic E-state index is 11.2. The Balaban J connectivity index is 2.82. The van der Waals surface area contributed by atoms with Crippen LogP contribution in [0, 0.1) is 13.8 Å². The SMILES string of the molecule is Cc1cc(C)nc(NC(=O)[C@H](C)N)n1. The molecule has 0 aliphatic rings. The highest BCUT2D eigenvalue weighted by atomic mass is 16.2. The number of rotatable bonds is 2. The van der Waals surface area contributed by atoms with E-state index in [2.05, 4.69) is 15.3 Å². The number of hydrogen-bond acceptors (Lipinski definition) is 4. The summed E-state index contributed by atoms with van der Waals surface area (Å²) >= 11 is 0. The lowest BCUT2D eigenvalue weighted by Crippen LogP contribution is -2.33. The van der Waals surface area contributed by atoms with Crippen LogP contribution in [0.1, 0.15) is 18.3 Å². The van der Waals surface area contributed by atoms with E-state index >= 15 is 0 Å². The molecule has 76 valence electrons. The number of carbonyl (C=O) groups excluding carboxylic acids is 1. The summed E-state index contributed by atoms with van der Waals surface area (Å²) in [6.45, 7) is 5.30. The van der Waals surface area contributed by atoms with Gasteiger partial charge in [-0.2, -0.15) is 0 Å². The van der Waals surface area contributed by atoms with Crippen LogP contribution in [0.2, 0.25) is 0 Å². The van der Waals surface area contributed by atoms with Crippen molar-refractivity contribution in [3.63, 3.8) is 0 Å². The molecular weight excluding hydrogens is 180 g/mol. The molecule has 0 aliphatic carbocycles. The zero-order valence-corrected chi connectivity index (χ0v) is 8.53. The van der Waals surface area contributed by atoms with E-state index in [1.807, 2.05) is 19.9 Å². The standard InChI is InChI=1S/C9H14N4O/c1-5-4-6(2)12-9(11-5)13-8(14)7(3)10/h4,7H,10H2,1-3H3,(H,11,12,13,14)/t7-/m0/s1. The molecule has 1 atom stereocenters. The van der Waals surface area contributed by atoms with Crippen LogP contribution in [0.5, 0.6) is 0 Å². The van der Waals surface area contributed by atoms with Crippen LogP contribution in [0.4, 0.5) is 5.95 Å². The molecule has 5 nitrogen and oxygen atoms in total. The van der Waals surface area contributed by atoms with Crippen molar-refractivity contribution < 1.29 is 4.79 Å². The fraction of sp³-hybridized carbons (Fsp3) is 0.444. The van der Waals surface area contributed by atoms with Gasteiger partial charge in [-0.05, 0) is 26.8 Å². The predicted molar refractivity (Wildman–Crippen MR) is 53.8 cm³/mol. The lowest BCUT2D eigenvalue weighted by molar-refractivity contribution is -0.117. The summed E-state index contributed by atoms with van der Waals surface area (Å²) in [4.78, 5) is 19.3. The molecule has 0 saturated heterocycles. The fourth-order valence-electron chi connectivity index (χ4n) is 1.01. The molecule has 5 heteroatoms. The molecule has 1 amide bonds. The van der Waals surface area contributed by atoms with Crippen LogP contribution in [0.15, 0.2) is 6.07 Å². The van der Waals surface area contributed by atoms with Gasteiger partial charge in [0.15, 0.2) is 0 Å². The second kappa shape index (κ2) is 4.15. The molecule has 1 rings (SSSR count). The van der Waals surface area contributed by atoms with E-state index in [1.54, 1.807) is 6.92 Å². The van der Waals surface area contributed by atoms with Gasteiger partial charge in [0.25, 0.3) is 0 Å². The summed E-state index contributed by atoms with van der Waals surface area (Å²) in [6.07, 6.45) is 0. The van der Waals surface area contributed by atoms with Gasteiger partial charge in [-0.15, -0.1) is 0 Å². The lowest BCUT2D eigenvalue weighted by atomic mass is 10.3. The van der Waals surface area contributed by atoms with Gasteiger partial charge in [-0.1, -0.05) is 0 Å². The van der Waals surface area contributed by atoms with E-state index in [0.29, 0.717) is 5.95 Å². The van der Waals surface area contributed by atoms with Crippen molar-refractivity contribution in [2.75, 3.05) is 5.32 Å². The number of carbonyl (C=O) groups is 1. The molecule has 0 radical (unpaired) electrons. The summed E-state index contributed by atoms with van der Waals surface area (Å²) in [6, 6.07) is 1.28. The van der Waals surface area contributed by atoms with E-state index in [-0.39, 0.29) is 5.91 Å². The highest BCUT2D eigenvalue weighted by Gasteiger charge is 2.09. The quantitative estimate of drug-likeness (QED) is 0.713. The minimum Gasteiger partial charge on any atom is -0.320 e. The normalized spacial score (nSPS) is 12.3. The average molecular weight is 194 g/mol. The van der Waals surface area contributed by atoms with Gasteiger partial charge in [-0.3, -0.25) is 10.1 Å². The van der Waals surface area contributed by atoms with Gasteiger partial charge in [0, 0.05) is 11.4 Å². The van der Waals surface area contributed by atoms with Crippen molar-refractivity contribution >= 4 is 11.9 Å². The summed E-state index contributed by atoms with van der Waals surface area (Å²) in [5.74, 6) is 0.0276. The van der Waals surface area contributed by atoms with Crippen molar-refractivity contribution in [1.82, 2.24) is 9.97 Å². The molecule has 0 aromatic carbocycles. The molecule has 0 bridgehead atoms. The average Bonchev–Trinajstić information content (AvgIpc) is 2.01. The zero-order chi connectivity index (χ0) is 10.7. The van der Waals surface area contributed by atoms with Crippen molar-refractivity contribution in [3.05, 3.63) is 17.5 Å². The first kappa shape index (κ1) is 10.6. The third kappa shape index (κ3) is 2.77. The fourth-order valence-corrected chi connectivity index (χ4v) is 1.01. The number of aromatic nitrogens is 2. The number of nitrogens with two attached hydrogens (primary N) is 1. The highest BCUT2D eigenvalue weighted by molar-refractivity contribution is 5.92. The first-order valence-electron chi connectivity index (χ1n) is 4.38. The molecule has 1 aromatic rings. The molecule has 0 unspecified atom stereocenters. The predicted octanol–water partition coefficient (Wildman–Crippen LogP) is 0.379. The molecule has 0 aliphatic heterocycles. The summed E-state index contributed by atoms with van der Waals surface area (Å²) < 4.78 is 0. The van der Waals surface area contributed by atoms with Crippen LogP contribution in [0.25, 0.3) is 0 Å². The molecule has 3 N–H and O–H groups in total. The Labute approximate surface area is 82.7 Å². The highest BCUT2D eigenvalue weighted by Crippen LogP contribution is 2.03. The Kier molecular flexibility index (Phi) is 3.14. The Bertz CT molecular complexity index is 328. The number of amides is 1. The van der Waals surface area contributed by atoms with E-state index in [0.717, 1.165) is 11.4 Å². The van der Waals surface area contributed by atoms with Crippen molar-refractivity contribution in [2.24, 2.45) is 5.73 Å². The number of anilines is 1. The van der Waals surface area contributed by atoms with Crippen molar-refractivity contribution in [3.8, 4) is 0 Å². The third-order valence-corrected chi connectivity index (χ3v) is 1.63. The first-order valence-corrected chi connectivity index (χ1v) is 4.38. The van der Waals surface area contributed by atoms with E-state index < -0.39 is 6.04 Å². The zero-order valence-electron chi connectivity index (χ0n) is 8.53. The van der Waals surface area contributed by atoms with Crippen LogP contribution in [0.3, 0.4) is 0 Å². The van der Waals surface area contributed by atoms with Crippen LogP contribution in [-0.4, -0.2) is 21.9 Å². The molecular formula is C9H14N4O. The molecule has 0 fully saturated rings. The first-order chi connectivity index (χ1) is 6.49. The summed E-state index contributed by atoms with van der Waals surface area (Å²) in [5.41, 5.74) is 7.03. The largest absolute Gasteiger partial charge is 0.320 e. The Morgan fingerprint density at radius 3 is 2.36 bits per heavy atom. The van der Waals surface area contributed by atoms with Gasteiger partial charge in [0.2, 0.25) is 11.9 Å². The summed E-state index contributed by atoms with van der Waals surface area (Å²) in [5, 5.41) is 2.54. The monoisotopic (exact) mass is 194 g/mol. The smallest absolute Gasteiger partial charge is 0.243 e. The second-order valence-electron chi connectivity index (χ2n) is 3.25. The molecule has 0 spiro atoms. The third-order valence-electron chi connectivity index (χ3n) is 1.63. The Morgan fingerprint density at radius 1 is 1.43 bits per heavy atom. The molecule has 1 heterocycles.